The first-order valence-corrected chi connectivity index (χ1v) is 22.7. The van der Waals surface area contributed by atoms with Crippen LogP contribution in [0.1, 0.15) is 120 Å². The Morgan fingerprint density at radius 1 is 0.623 bits per heavy atom. The van der Waals surface area contributed by atoms with Gasteiger partial charge in [-0.05, 0) is 68.7 Å². The van der Waals surface area contributed by atoms with E-state index >= 15 is 0 Å². The average Bonchev–Trinajstić information content (AvgIpc) is 3.96. The molecule has 0 saturated heterocycles. The number of thiophene rings is 2. The maximum absolute atomic E-state index is 13.5. The van der Waals surface area contributed by atoms with Gasteiger partial charge in [0.15, 0.2) is 0 Å². The Balaban J connectivity index is 1.22. The number of pyridine rings is 2. The Hall–Kier alpha value is -3.73. The molecular weight excluding hydrogens is 715 g/mol. The maximum Gasteiger partial charge on any atom is 0.211 e. The van der Waals surface area contributed by atoms with E-state index < -0.39 is 9.84 Å². The van der Waals surface area contributed by atoms with Crippen molar-refractivity contribution in [3.8, 4) is 42.7 Å². The molecular formula is C43H51N5O2S3. The Bertz CT molecular complexity index is 2290. The van der Waals surface area contributed by atoms with Crippen LogP contribution in [0.15, 0.2) is 70.7 Å². The van der Waals surface area contributed by atoms with Crippen molar-refractivity contribution in [1.29, 1.82) is 0 Å². The second-order valence-corrected chi connectivity index (χ2v) is 18.9. The molecule has 6 aromatic rings. The van der Waals surface area contributed by atoms with Gasteiger partial charge in [0.25, 0.3) is 0 Å². The second-order valence-electron chi connectivity index (χ2n) is 14.7. The second kappa shape index (κ2) is 16.7. The van der Waals surface area contributed by atoms with Crippen molar-refractivity contribution in [2.24, 2.45) is 0 Å². The van der Waals surface area contributed by atoms with E-state index in [-0.39, 0.29) is 15.8 Å². The van der Waals surface area contributed by atoms with Gasteiger partial charge in [0.05, 0.1) is 10.9 Å². The van der Waals surface area contributed by atoms with Gasteiger partial charge in [0.2, 0.25) is 9.84 Å². The van der Waals surface area contributed by atoms with Gasteiger partial charge >= 0.3 is 0 Å². The molecule has 0 saturated carbocycles. The lowest BCUT2D eigenvalue weighted by atomic mass is 10.0. The average molecular weight is 766 g/mol. The first-order chi connectivity index (χ1) is 25.8. The van der Waals surface area contributed by atoms with Gasteiger partial charge in [-0.2, -0.15) is 15.0 Å². The smallest absolute Gasteiger partial charge is 0.211 e. The molecule has 0 spiro atoms. The third kappa shape index (κ3) is 8.05. The fraction of sp³-hybridized carbons (Fsp3) is 0.442. The zero-order chi connectivity index (χ0) is 37.0. The van der Waals surface area contributed by atoms with Crippen LogP contribution in [-0.2, 0) is 9.84 Å². The summed E-state index contributed by atoms with van der Waals surface area (Å²) in [5.41, 5.74) is 6.48. The summed E-state index contributed by atoms with van der Waals surface area (Å²) in [6.07, 6.45) is 21.0. The van der Waals surface area contributed by atoms with E-state index in [9.17, 15) is 8.42 Å². The number of unbranched alkanes of at least 4 members (excludes halogenated alkanes) is 10. The Morgan fingerprint density at radius 3 is 1.75 bits per heavy atom. The molecule has 0 amide bonds. The number of hydrogen-bond acceptors (Lipinski definition) is 8. The number of aryl methyl sites for hydroxylation is 2. The van der Waals surface area contributed by atoms with Crippen molar-refractivity contribution in [3.05, 3.63) is 71.4 Å². The molecule has 0 fully saturated rings. The van der Waals surface area contributed by atoms with Crippen LogP contribution in [0.2, 0.25) is 0 Å². The summed E-state index contributed by atoms with van der Waals surface area (Å²) < 4.78 is 27.1. The van der Waals surface area contributed by atoms with Gasteiger partial charge in [0, 0.05) is 48.6 Å². The Kier molecular flexibility index (Phi) is 11.9. The number of fused-ring (bicyclic) bond motifs is 4. The lowest BCUT2D eigenvalue weighted by molar-refractivity contribution is 0.337. The first-order valence-electron chi connectivity index (χ1n) is 19.6. The van der Waals surface area contributed by atoms with Gasteiger partial charge < -0.3 is 0 Å². The number of hydrogen-bond donors (Lipinski definition) is 0. The summed E-state index contributed by atoms with van der Waals surface area (Å²) in [4.78, 5) is 16.1. The molecule has 1 aliphatic rings. The minimum absolute atomic E-state index is 0.223. The summed E-state index contributed by atoms with van der Waals surface area (Å²) in [5.74, 6) is 0. The van der Waals surface area contributed by atoms with Gasteiger partial charge in [-0.3, -0.25) is 9.97 Å². The van der Waals surface area contributed by atoms with Crippen LogP contribution in [0.3, 0.4) is 0 Å². The molecule has 1 aliphatic heterocycles. The fourth-order valence-corrected chi connectivity index (χ4v) is 11.1. The normalized spacial score (nSPS) is 13.3. The van der Waals surface area contributed by atoms with Crippen LogP contribution < -0.4 is 0 Å². The van der Waals surface area contributed by atoms with Crippen LogP contribution in [-0.4, -0.2) is 33.4 Å². The summed E-state index contributed by atoms with van der Waals surface area (Å²) >= 11 is 3.42. The topological polar surface area (TPSA) is 90.6 Å². The van der Waals surface area contributed by atoms with Crippen molar-refractivity contribution in [1.82, 2.24) is 25.0 Å². The monoisotopic (exact) mass is 765 g/mol. The van der Waals surface area contributed by atoms with Gasteiger partial charge in [-0.25, -0.2) is 8.42 Å². The Morgan fingerprint density at radius 2 is 1.15 bits per heavy atom. The Labute approximate surface area is 322 Å². The highest BCUT2D eigenvalue weighted by molar-refractivity contribution is 7.92. The molecule has 0 radical (unpaired) electrons. The summed E-state index contributed by atoms with van der Waals surface area (Å²) in [5, 5.41) is 10.7. The highest BCUT2D eigenvalue weighted by Crippen LogP contribution is 2.45. The van der Waals surface area contributed by atoms with Crippen LogP contribution in [0.4, 0.5) is 0 Å². The molecule has 6 heterocycles. The molecule has 7 rings (SSSR count). The van der Waals surface area contributed by atoms with Crippen LogP contribution in [0.25, 0.3) is 53.7 Å². The first kappa shape index (κ1) is 37.6. The molecule has 7 nitrogen and oxygen atoms in total. The third-order valence-corrected chi connectivity index (χ3v) is 14.5. The largest absolute Gasteiger partial charge is 0.253 e. The minimum Gasteiger partial charge on any atom is -0.253 e. The van der Waals surface area contributed by atoms with E-state index in [1.54, 1.807) is 47.2 Å². The number of sulfone groups is 1. The fourth-order valence-electron chi connectivity index (χ4n) is 7.49. The summed E-state index contributed by atoms with van der Waals surface area (Å²) in [6, 6.07) is 16.7. The molecule has 0 N–H and O–H groups in total. The quantitative estimate of drug-likeness (QED) is 0.0808. The number of benzene rings is 1. The van der Waals surface area contributed by atoms with Crippen molar-refractivity contribution >= 4 is 43.5 Å². The zero-order valence-corrected chi connectivity index (χ0v) is 34.0. The van der Waals surface area contributed by atoms with Gasteiger partial charge in [-0.15, -0.1) is 22.7 Å². The van der Waals surface area contributed by atoms with E-state index in [1.807, 2.05) is 6.92 Å². The van der Waals surface area contributed by atoms with Crippen molar-refractivity contribution < 1.29 is 8.42 Å². The SMILES string of the molecule is CCCCCCCCC(CCCCCCCC)n1nc2c(-c3ccc(C)s3)ccc(-c3ccc(-c4cnc5c(c4)S(=O)(=O)c4cc(C)cnc4-5)s3)c2n1. The van der Waals surface area contributed by atoms with Crippen LogP contribution in [0, 0.1) is 13.8 Å². The van der Waals surface area contributed by atoms with Gasteiger partial charge in [-0.1, -0.05) is 103 Å². The zero-order valence-electron chi connectivity index (χ0n) is 31.5. The number of aromatic nitrogens is 5. The van der Waals surface area contributed by atoms with E-state index in [4.69, 9.17) is 10.2 Å². The standard InChI is InChI=1S/C43H51N5O2S3/c1-5-7-9-11-13-15-17-32(18-16-14-12-10-8-6-2)48-46-40-33(36-22-19-30(4)51-36)20-21-34(41(40)47-48)37-24-23-35(52-37)31-26-39-43(45-28-31)42-38(53(39,49)50)25-29(3)27-44-42/h19-28,32H,5-18H2,1-4H3. The molecule has 278 valence electrons. The molecule has 10 heteroatoms. The van der Waals surface area contributed by atoms with E-state index in [0.717, 1.165) is 55.9 Å². The molecule has 5 aromatic heterocycles. The highest BCUT2D eigenvalue weighted by atomic mass is 32.2. The minimum atomic E-state index is -3.69. The third-order valence-electron chi connectivity index (χ3n) is 10.5. The molecule has 0 unspecified atom stereocenters. The maximum atomic E-state index is 13.5. The number of rotatable bonds is 18. The summed E-state index contributed by atoms with van der Waals surface area (Å²) in [7, 11) is -3.69. The van der Waals surface area contributed by atoms with Crippen LogP contribution >= 0.6 is 22.7 Å². The molecule has 0 bridgehead atoms. The predicted molar refractivity (Wildman–Crippen MR) is 221 cm³/mol. The van der Waals surface area contributed by atoms with Crippen molar-refractivity contribution in [3.63, 3.8) is 0 Å². The highest BCUT2D eigenvalue weighted by Gasteiger charge is 2.36. The lowest BCUT2D eigenvalue weighted by Gasteiger charge is -2.16. The lowest BCUT2D eigenvalue weighted by Crippen LogP contribution is -2.13. The van der Waals surface area contributed by atoms with Gasteiger partial charge in [0.1, 0.15) is 27.3 Å². The predicted octanol–water partition coefficient (Wildman–Crippen LogP) is 12.8. The number of nitrogens with zero attached hydrogens (tertiary/aromatic N) is 5. The van der Waals surface area contributed by atoms with Crippen LogP contribution in [0.5, 0.6) is 0 Å². The molecule has 0 aliphatic carbocycles. The molecule has 1 aromatic carbocycles. The molecule has 0 atom stereocenters. The van der Waals surface area contributed by atoms with E-state index in [0.29, 0.717) is 11.4 Å². The van der Waals surface area contributed by atoms with Crippen molar-refractivity contribution in [2.45, 2.75) is 133 Å². The summed E-state index contributed by atoms with van der Waals surface area (Å²) in [6.45, 7) is 8.55. The molecule has 53 heavy (non-hydrogen) atoms. The van der Waals surface area contributed by atoms with E-state index in [1.165, 1.54) is 86.8 Å². The van der Waals surface area contributed by atoms with Crippen molar-refractivity contribution in [2.75, 3.05) is 0 Å². The van der Waals surface area contributed by atoms with E-state index in [2.05, 4.69) is 71.9 Å².